The predicted molar refractivity (Wildman–Crippen MR) is 103 cm³/mol. The van der Waals surface area contributed by atoms with E-state index in [9.17, 15) is 4.79 Å². The lowest BCUT2D eigenvalue weighted by Crippen LogP contribution is -2.08. The Morgan fingerprint density at radius 1 is 0.750 bits per heavy atom. The Labute approximate surface area is 150 Å². The van der Waals surface area contributed by atoms with Gasteiger partial charge in [-0.2, -0.15) is 0 Å². The van der Waals surface area contributed by atoms with Crippen LogP contribution in [0, 0.1) is 0 Å². The molecular weight excluding hydrogens is 360 g/mol. The molecule has 0 aliphatic rings. The summed E-state index contributed by atoms with van der Waals surface area (Å²) < 4.78 is 0. The van der Waals surface area contributed by atoms with Crippen LogP contribution in [-0.4, -0.2) is 5.78 Å². The molecule has 0 aromatic heterocycles. The second-order valence-corrected chi connectivity index (χ2v) is 6.39. The Bertz CT molecular complexity index is 824. The number of alkyl halides is 1. The van der Waals surface area contributed by atoms with Crippen LogP contribution >= 0.6 is 15.9 Å². The van der Waals surface area contributed by atoms with Crippen molar-refractivity contribution in [2.24, 2.45) is 0 Å². The van der Waals surface area contributed by atoms with Gasteiger partial charge in [0.05, 0.1) is 4.83 Å². The molecule has 0 heterocycles. The van der Waals surface area contributed by atoms with Crippen molar-refractivity contribution in [3.63, 3.8) is 0 Å². The number of ketones is 1. The summed E-state index contributed by atoms with van der Waals surface area (Å²) in [5, 5.41) is 0. The minimum Gasteiger partial charge on any atom is -0.289 e. The molecule has 0 bridgehead atoms. The van der Waals surface area contributed by atoms with E-state index in [0.717, 1.165) is 16.7 Å². The molecule has 0 saturated carbocycles. The third-order valence-electron chi connectivity index (χ3n) is 3.79. The van der Waals surface area contributed by atoms with E-state index in [4.69, 9.17) is 0 Å². The number of carbonyl (C=O) groups is 1. The summed E-state index contributed by atoms with van der Waals surface area (Å²) in [5.74, 6) is 0.0326. The van der Waals surface area contributed by atoms with Gasteiger partial charge in [0.15, 0.2) is 5.78 Å². The average molecular weight is 377 g/mol. The maximum absolute atomic E-state index is 13.1. The van der Waals surface area contributed by atoms with Crippen LogP contribution < -0.4 is 0 Å². The fourth-order valence-corrected chi connectivity index (χ4v) is 3.19. The molecule has 3 aromatic rings. The quantitative estimate of drug-likeness (QED) is 0.299. The summed E-state index contributed by atoms with van der Waals surface area (Å²) in [5.41, 5.74) is 3.49. The maximum atomic E-state index is 13.1. The van der Waals surface area contributed by atoms with E-state index < -0.39 is 0 Å². The van der Waals surface area contributed by atoms with Crippen molar-refractivity contribution < 1.29 is 4.79 Å². The predicted octanol–water partition coefficient (Wildman–Crippen LogP) is 6.09. The van der Waals surface area contributed by atoms with E-state index in [0.29, 0.717) is 5.56 Å². The number of rotatable bonds is 5. The van der Waals surface area contributed by atoms with Crippen LogP contribution in [0.3, 0.4) is 0 Å². The van der Waals surface area contributed by atoms with Gasteiger partial charge in [0.2, 0.25) is 0 Å². The van der Waals surface area contributed by atoms with Gasteiger partial charge in [0.1, 0.15) is 0 Å². The minimum absolute atomic E-state index is 0.0326. The number of benzene rings is 3. The standard InChI is InChI=1S/C22H17BrO/c23-21(18-12-6-2-7-13-18)20(16-17-10-4-1-5-11-17)22(24)19-14-8-3-9-15-19/h1-16,21H/b20-16-. The largest absolute Gasteiger partial charge is 0.289 e. The Morgan fingerprint density at radius 3 is 1.83 bits per heavy atom. The fourth-order valence-electron chi connectivity index (χ4n) is 2.54. The van der Waals surface area contributed by atoms with Crippen molar-refractivity contribution in [3.8, 4) is 0 Å². The molecule has 1 atom stereocenters. The van der Waals surface area contributed by atoms with E-state index in [1.807, 2.05) is 97.1 Å². The molecule has 1 nitrogen and oxygen atoms in total. The molecule has 0 saturated heterocycles. The molecule has 0 amide bonds. The molecule has 0 aliphatic heterocycles. The molecule has 0 fully saturated rings. The zero-order chi connectivity index (χ0) is 16.8. The van der Waals surface area contributed by atoms with Gasteiger partial charge in [0.25, 0.3) is 0 Å². The van der Waals surface area contributed by atoms with Gasteiger partial charge in [-0.3, -0.25) is 4.79 Å². The van der Waals surface area contributed by atoms with Gasteiger partial charge >= 0.3 is 0 Å². The molecule has 0 radical (unpaired) electrons. The Hall–Kier alpha value is -2.45. The van der Waals surface area contributed by atoms with Crippen LogP contribution in [0.1, 0.15) is 26.3 Å². The van der Waals surface area contributed by atoms with Crippen molar-refractivity contribution in [3.05, 3.63) is 113 Å². The molecule has 118 valence electrons. The molecule has 0 aliphatic carbocycles. The highest BCUT2D eigenvalue weighted by Gasteiger charge is 2.21. The lowest BCUT2D eigenvalue weighted by molar-refractivity contribution is 0.103. The third kappa shape index (κ3) is 3.90. The van der Waals surface area contributed by atoms with Gasteiger partial charge in [-0.1, -0.05) is 107 Å². The van der Waals surface area contributed by atoms with Crippen molar-refractivity contribution >= 4 is 27.8 Å². The van der Waals surface area contributed by atoms with Gasteiger partial charge in [-0.05, 0) is 17.2 Å². The topological polar surface area (TPSA) is 17.1 Å². The molecular formula is C22H17BrO. The van der Waals surface area contributed by atoms with Gasteiger partial charge in [-0.25, -0.2) is 0 Å². The van der Waals surface area contributed by atoms with Crippen LogP contribution in [0.25, 0.3) is 6.08 Å². The third-order valence-corrected chi connectivity index (χ3v) is 4.81. The lowest BCUT2D eigenvalue weighted by Gasteiger charge is -2.15. The van der Waals surface area contributed by atoms with E-state index in [1.54, 1.807) is 0 Å². The van der Waals surface area contributed by atoms with Crippen molar-refractivity contribution in [1.29, 1.82) is 0 Å². The molecule has 0 spiro atoms. The summed E-state index contributed by atoms with van der Waals surface area (Å²) in [7, 11) is 0. The van der Waals surface area contributed by atoms with E-state index in [-0.39, 0.29) is 10.6 Å². The highest BCUT2D eigenvalue weighted by Crippen LogP contribution is 2.34. The SMILES string of the molecule is O=C(/C(=C\c1ccccc1)C(Br)c1ccccc1)c1ccccc1. The van der Waals surface area contributed by atoms with Gasteiger partial charge < -0.3 is 0 Å². The number of allylic oxidation sites excluding steroid dienone is 1. The summed E-state index contributed by atoms with van der Waals surface area (Å²) >= 11 is 3.72. The highest BCUT2D eigenvalue weighted by atomic mass is 79.9. The first-order valence-corrected chi connectivity index (χ1v) is 8.72. The summed E-state index contributed by atoms with van der Waals surface area (Å²) in [6, 6.07) is 29.3. The summed E-state index contributed by atoms with van der Waals surface area (Å²) in [6.07, 6.45) is 1.96. The van der Waals surface area contributed by atoms with Crippen molar-refractivity contribution in [1.82, 2.24) is 0 Å². The molecule has 3 aromatic carbocycles. The number of Topliss-reactive ketones (excluding diaryl/α,β-unsaturated/α-hetero) is 1. The first kappa shape index (κ1) is 16.4. The number of hydrogen-bond donors (Lipinski definition) is 0. The Morgan fingerprint density at radius 2 is 1.25 bits per heavy atom. The monoisotopic (exact) mass is 376 g/mol. The Balaban J connectivity index is 2.04. The normalized spacial score (nSPS) is 12.6. The zero-order valence-electron chi connectivity index (χ0n) is 13.1. The molecule has 2 heteroatoms. The lowest BCUT2D eigenvalue weighted by atomic mass is 9.95. The van der Waals surface area contributed by atoms with Crippen LogP contribution in [0.2, 0.25) is 0 Å². The first-order valence-electron chi connectivity index (χ1n) is 7.81. The van der Waals surface area contributed by atoms with Crippen LogP contribution in [0.4, 0.5) is 0 Å². The zero-order valence-corrected chi connectivity index (χ0v) is 14.7. The number of carbonyl (C=O) groups excluding carboxylic acids is 1. The Kier molecular flexibility index (Phi) is 5.39. The average Bonchev–Trinajstić information content (AvgIpc) is 2.67. The maximum Gasteiger partial charge on any atom is 0.190 e. The first-order chi connectivity index (χ1) is 11.8. The molecule has 24 heavy (non-hydrogen) atoms. The van der Waals surface area contributed by atoms with Crippen molar-refractivity contribution in [2.45, 2.75) is 4.83 Å². The second-order valence-electron chi connectivity index (χ2n) is 5.48. The van der Waals surface area contributed by atoms with Crippen LogP contribution in [0.15, 0.2) is 96.6 Å². The van der Waals surface area contributed by atoms with Gasteiger partial charge in [-0.15, -0.1) is 0 Å². The van der Waals surface area contributed by atoms with E-state index in [1.165, 1.54) is 0 Å². The van der Waals surface area contributed by atoms with Gasteiger partial charge in [0, 0.05) is 11.1 Å². The van der Waals surface area contributed by atoms with Crippen LogP contribution in [0.5, 0.6) is 0 Å². The number of halogens is 1. The minimum atomic E-state index is -0.161. The highest BCUT2D eigenvalue weighted by molar-refractivity contribution is 9.09. The van der Waals surface area contributed by atoms with E-state index in [2.05, 4.69) is 15.9 Å². The summed E-state index contributed by atoms with van der Waals surface area (Å²) in [6.45, 7) is 0. The molecule has 3 rings (SSSR count). The summed E-state index contributed by atoms with van der Waals surface area (Å²) in [4.78, 5) is 12.9. The molecule has 1 unspecified atom stereocenters. The molecule has 0 N–H and O–H groups in total. The van der Waals surface area contributed by atoms with E-state index >= 15 is 0 Å². The van der Waals surface area contributed by atoms with Crippen LogP contribution in [-0.2, 0) is 0 Å². The van der Waals surface area contributed by atoms with Crippen molar-refractivity contribution in [2.75, 3.05) is 0 Å². The fraction of sp³-hybridized carbons (Fsp3) is 0.0455. The smallest absolute Gasteiger partial charge is 0.190 e. The number of hydrogen-bond acceptors (Lipinski definition) is 1. The second kappa shape index (κ2) is 7.89.